The van der Waals surface area contributed by atoms with E-state index in [1.807, 2.05) is 0 Å². The van der Waals surface area contributed by atoms with E-state index in [-0.39, 0.29) is 0 Å². The fourth-order valence-corrected chi connectivity index (χ4v) is 3.07. The highest BCUT2D eigenvalue weighted by molar-refractivity contribution is 5.88. The van der Waals surface area contributed by atoms with Crippen LogP contribution in [0.2, 0.25) is 0 Å². The predicted molar refractivity (Wildman–Crippen MR) is 80.5 cm³/mol. The zero-order valence-corrected chi connectivity index (χ0v) is 11.9. The van der Waals surface area contributed by atoms with Gasteiger partial charge in [0.2, 0.25) is 0 Å². The van der Waals surface area contributed by atoms with Gasteiger partial charge in [0.15, 0.2) is 0 Å². The van der Waals surface area contributed by atoms with E-state index >= 15 is 0 Å². The average Bonchev–Trinajstić information content (AvgIpc) is 2.66. The van der Waals surface area contributed by atoms with Crippen molar-refractivity contribution in [2.75, 3.05) is 26.2 Å². The molecule has 3 nitrogen and oxygen atoms in total. The van der Waals surface area contributed by atoms with Crippen LogP contribution in [0.4, 0.5) is 0 Å². The maximum Gasteiger partial charge on any atom is 0.0489 e. The lowest BCUT2D eigenvalue weighted by Gasteiger charge is -2.19. The summed E-state index contributed by atoms with van der Waals surface area (Å²) < 4.78 is 0. The summed E-state index contributed by atoms with van der Waals surface area (Å²) in [7, 11) is 0. The molecule has 1 saturated heterocycles. The third-order valence-corrected chi connectivity index (χ3v) is 4.16. The minimum absolute atomic E-state index is 1.06. The van der Waals surface area contributed by atoms with Gasteiger partial charge in [-0.05, 0) is 50.0 Å². The first-order valence-electron chi connectivity index (χ1n) is 7.25. The fraction of sp³-hybridized carbons (Fsp3) is 0.500. The molecule has 3 heteroatoms. The van der Waals surface area contributed by atoms with Gasteiger partial charge in [-0.15, -0.1) is 0 Å². The summed E-state index contributed by atoms with van der Waals surface area (Å²) in [6.07, 6.45) is 3.45. The third kappa shape index (κ3) is 2.53. The summed E-state index contributed by atoms with van der Waals surface area (Å²) in [5.74, 6) is 0. The number of hydrogen-bond acceptors (Lipinski definition) is 2. The SMILES string of the molecule is Cc1ccc(C)c2c(CN3CCCNCC3)c[nH]c12. The normalized spacial score (nSPS) is 17.8. The number of aromatic nitrogens is 1. The lowest BCUT2D eigenvalue weighted by atomic mass is 10.0. The van der Waals surface area contributed by atoms with Crippen molar-refractivity contribution in [1.29, 1.82) is 0 Å². The Morgan fingerprint density at radius 2 is 1.95 bits per heavy atom. The van der Waals surface area contributed by atoms with Crippen molar-refractivity contribution in [3.63, 3.8) is 0 Å². The van der Waals surface area contributed by atoms with Crippen molar-refractivity contribution in [3.05, 3.63) is 35.0 Å². The van der Waals surface area contributed by atoms with E-state index in [1.165, 1.54) is 40.6 Å². The van der Waals surface area contributed by atoms with E-state index in [0.717, 1.165) is 26.2 Å². The van der Waals surface area contributed by atoms with Crippen molar-refractivity contribution >= 4 is 10.9 Å². The average molecular weight is 257 g/mol. The number of aromatic amines is 1. The molecule has 1 aromatic heterocycles. The maximum atomic E-state index is 3.47. The molecule has 102 valence electrons. The minimum Gasteiger partial charge on any atom is -0.361 e. The predicted octanol–water partition coefficient (Wildman–Crippen LogP) is 2.58. The second-order valence-electron chi connectivity index (χ2n) is 5.64. The van der Waals surface area contributed by atoms with E-state index < -0.39 is 0 Å². The van der Waals surface area contributed by atoms with Gasteiger partial charge >= 0.3 is 0 Å². The highest BCUT2D eigenvalue weighted by Gasteiger charge is 2.13. The molecular formula is C16H23N3. The zero-order valence-electron chi connectivity index (χ0n) is 11.9. The van der Waals surface area contributed by atoms with Gasteiger partial charge in [0, 0.05) is 36.7 Å². The largest absolute Gasteiger partial charge is 0.361 e. The molecule has 2 aromatic rings. The molecule has 0 unspecified atom stereocenters. The topological polar surface area (TPSA) is 31.1 Å². The molecule has 0 aliphatic carbocycles. The van der Waals surface area contributed by atoms with Crippen molar-refractivity contribution in [3.8, 4) is 0 Å². The van der Waals surface area contributed by atoms with Crippen LogP contribution < -0.4 is 5.32 Å². The van der Waals surface area contributed by atoms with Gasteiger partial charge in [0.25, 0.3) is 0 Å². The number of benzene rings is 1. The van der Waals surface area contributed by atoms with E-state index in [9.17, 15) is 0 Å². The Labute approximate surface area is 115 Å². The van der Waals surface area contributed by atoms with Gasteiger partial charge in [-0.2, -0.15) is 0 Å². The molecule has 2 heterocycles. The minimum atomic E-state index is 1.06. The van der Waals surface area contributed by atoms with Crippen molar-refractivity contribution < 1.29 is 0 Å². The van der Waals surface area contributed by atoms with Gasteiger partial charge in [0.1, 0.15) is 0 Å². The van der Waals surface area contributed by atoms with E-state index in [0.29, 0.717) is 0 Å². The molecule has 1 aliphatic heterocycles. The highest BCUT2D eigenvalue weighted by atomic mass is 15.1. The summed E-state index contributed by atoms with van der Waals surface area (Å²) in [5, 5.41) is 4.89. The molecule has 2 N–H and O–H groups in total. The van der Waals surface area contributed by atoms with Crippen LogP contribution in [0.15, 0.2) is 18.3 Å². The van der Waals surface area contributed by atoms with Crippen molar-refractivity contribution in [2.45, 2.75) is 26.8 Å². The van der Waals surface area contributed by atoms with Crippen LogP contribution in [0, 0.1) is 13.8 Å². The highest BCUT2D eigenvalue weighted by Crippen LogP contribution is 2.26. The molecule has 3 rings (SSSR count). The van der Waals surface area contributed by atoms with Gasteiger partial charge < -0.3 is 10.3 Å². The quantitative estimate of drug-likeness (QED) is 0.866. The van der Waals surface area contributed by atoms with Crippen LogP contribution >= 0.6 is 0 Å². The van der Waals surface area contributed by atoms with Crippen LogP contribution in [-0.2, 0) is 6.54 Å². The number of aryl methyl sites for hydroxylation is 2. The molecule has 1 aliphatic rings. The second kappa shape index (κ2) is 5.35. The second-order valence-corrected chi connectivity index (χ2v) is 5.64. The summed E-state index contributed by atoms with van der Waals surface area (Å²) in [5.41, 5.74) is 5.47. The molecule has 1 fully saturated rings. The Bertz CT molecular complexity index is 563. The molecule has 0 atom stereocenters. The molecule has 1 aromatic carbocycles. The third-order valence-electron chi connectivity index (χ3n) is 4.16. The first kappa shape index (κ1) is 12.7. The zero-order chi connectivity index (χ0) is 13.2. The Morgan fingerprint density at radius 1 is 1.11 bits per heavy atom. The summed E-state index contributed by atoms with van der Waals surface area (Å²) in [6, 6.07) is 4.44. The Kier molecular flexibility index (Phi) is 3.58. The Balaban J connectivity index is 1.90. The van der Waals surface area contributed by atoms with Crippen LogP contribution in [0.1, 0.15) is 23.1 Å². The number of fused-ring (bicyclic) bond motifs is 1. The van der Waals surface area contributed by atoms with E-state index in [2.05, 4.69) is 47.4 Å². The van der Waals surface area contributed by atoms with E-state index in [4.69, 9.17) is 0 Å². The number of H-pyrrole nitrogens is 1. The fourth-order valence-electron chi connectivity index (χ4n) is 3.07. The Morgan fingerprint density at radius 3 is 2.84 bits per heavy atom. The maximum absolute atomic E-state index is 3.47. The molecule has 19 heavy (non-hydrogen) atoms. The molecule has 0 amide bonds. The Hall–Kier alpha value is -1.32. The van der Waals surface area contributed by atoms with Gasteiger partial charge in [-0.1, -0.05) is 12.1 Å². The standard InChI is InChI=1S/C16H23N3/c1-12-4-5-13(2)16-15(12)14(10-18-16)11-19-8-3-6-17-7-9-19/h4-5,10,17-18H,3,6-9,11H2,1-2H3. The monoisotopic (exact) mass is 257 g/mol. The lowest BCUT2D eigenvalue weighted by Crippen LogP contribution is -2.27. The van der Waals surface area contributed by atoms with Crippen LogP contribution in [0.5, 0.6) is 0 Å². The molecule has 0 radical (unpaired) electrons. The summed E-state index contributed by atoms with van der Waals surface area (Å²) >= 11 is 0. The lowest BCUT2D eigenvalue weighted by molar-refractivity contribution is 0.285. The van der Waals surface area contributed by atoms with Crippen molar-refractivity contribution in [1.82, 2.24) is 15.2 Å². The number of nitrogens with zero attached hydrogens (tertiary/aromatic N) is 1. The molecular weight excluding hydrogens is 234 g/mol. The first-order chi connectivity index (χ1) is 9.25. The number of rotatable bonds is 2. The summed E-state index contributed by atoms with van der Waals surface area (Å²) in [4.78, 5) is 6.02. The number of hydrogen-bond donors (Lipinski definition) is 2. The van der Waals surface area contributed by atoms with E-state index in [1.54, 1.807) is 0 Å². The van der Waals surface area contributed by atoms with Gasteiger partial charge in [0.05, 0.1) is 0 Å². The van der Waals surface area contributed by atoms with Crippen LogP contribution in [0.3, 0.4) is 0 Å². The number of nitrogens with one attached hydrogen (secondary N) is 2. The smallest absolute Gasteiger partial charge is 0.0489 e. The molecule has 0 spiro atoms. The van der Waals surface area contributed by atoms with Gasteiger partial charge in [-0.25, -0.2) is 0 Å². The molecule has 0 bridgehead atoms. The van der Waals surface area contributed by atoms with Crippen LogP contribution in [-0.4, -0.2) is 36.1 Å². The molecule has 0 saturated carbocycles. The van der Waals surface area contributed by atoms with Gasteiger partial charge in [-0.3, -0.25) is 4.90 Å². The van der Waals surface area contributed by atoms with Crippen molar-refractivity contribution in [2.24, 2.45) is 0 Å². The first-order valence-corrected chi connectivity index (χ1v) is 7.25. The summed E-state index contributed by atoms with van der Waals surface area (Å²) in [6.45, 7) is 10.1. The van der Waals surface area contributed by atoms with Crippen LogP contribution in [0.25, 0.3) is 10.9 Å².